The first-order valence-corrected chi connectivity index (χ1v) is 9.56. The van der Waals surface area contributed by atoms with Crippen LogP contribution in [0.4, 0.5) is 0 Å². The van der Waals surface area contributed by atoms with Gasteiger partial charge in [0.15, 0.2) is 17.3 Å². The molecule has 31 heavy (non-hydrogen) atoms. The topological polar surface area (TPSA) is 61.8 Å². The number of carbonyl (C=O) groups is 2. The molecule has 152 valence electrons. The lowest BCUT2D eigenvalue weighted by Gasteiger charge is -2.07. The molecule has 3 aromatic rings. The van der Waals surface area contributed by atoms with Crippen LogP contribution in [0.5, 0.6) is 11.5 Å². The van der Waals surface area contributed by atoms with Crippen molar-refractivity contribution < 1.29 is 23.8 Å². The number of Topliss-reactive ketones (excluding diaryl/α,β-unsaturated/α-hetero) is 1. The molecule has 0 N–H and O–H groups in total. The average molecular weight is 410 g/mol. The Morgan fingerprint density at radius 1 is 0.903 bits per heavy atom. The molecule has 0 bridgehead atoms. The second-order valence-electron chi connectivity index (χ2n) is 6.65. The van der Waals surface area contributed by atoms with E-state index in [2.05, 4.69) is 11.8 Å². The summed E-state index contributed by atoms with van der Waals surface area (Å²) in [7, 11) is 1.24. The summed E-state index contributed by atoms with van der Waals surface area (Å²) in [4.78, 5) is 25.6. The van der Waals surface area contributed by atoms with E-state index in [1.54, 1.807) is 24.3 Å². The van der Waals surface area contributed by atoms with E-state index in [4.69, 9.17) is 14.2 Å². The van der Waals surface area contributed by atoms with Gasteiger partial charge in [-0.3, -0.25) is 4.79 Å². The molecule has 5 heteroatoms. The van der Waals surface area contributed by atoms with Crippen LogP contribution in [0.15, 0.2) is 78.4 Å². The largest absolute Gasteiger partial charge is 0.465 e. The zero-order chi connectivity index (χ0) is 21.6. The zero-order valence-corrected chi connectivity index (χ0v) is 16.8. The monoisotopic (exact) mass is 410 g/mol. The Kier molecular flexibility index (Phi) is 5.82. The average Bonchev–Trinajstić information content (AvgIpc) is 3.29. The Morgan fingerprint density at radius 3 is 2.45 bits per heavy atom. The van der Waals surface area contributed by atoms with Gasteiger partial charge in [-0.1, -0.05) is 48.2 Å². The Morgan fingerprint density at radius 2 is 1.65 bits per heavy atom. The number of benzene rings is 3. The van der Waals surface area contributed by atoms with Crippen LogP contribution in [0.25, 0.3) is 6.08 Å². The van der Waals surface area contributed by atoms with Gasteiger partial charge in [0, 0.05) is 16.7 Å². The first-order valence-electron chi connectivity index (χ1n) is 9.56. The maximum atomic E-state index is 13.1. The van der Waals surface area contributed by atoms with Crippen molar-refractivity contribution >= 4 is 17.8 Å². The number of rotatable bonds is 4. The van der Waals surface area contributed by atoms with Gasteiger partial charge in [0.05, 0.1) is 7.11 Å². The summed E-state index contributed by atoms with van der Waals surface area (Å²) < 4.78 is 15.5. The fraction of sp³-hybridized carbons (Fsp3) is 0.0769. The molecule has 0 amide bonds. The number of carbonyl (C=O) groups excluding carboxylic acids is 2. The fourth-order valence-electron chi connectivity index (χ4n) is 3.07. The van der Waals surface area contributed by atoms with Gasteiger partial charge in [-0.15, -0.1) is 0 Å². The number of hydrogen-bond donors (Lipinski definition) is 0. The minimum atomic E-state index is -0.728. The van der Waals surface area contributed by atoms with Crippen molar-refractivity contribution in [1.82, 2.24) is 0 Å². The highest BCUT2D eigenvalue weighted by Crippen LogP contribution is 2.33. The first kappa shape index (κ1) is 20.0. The lowest BCUT2D eigenvalue weighted by atomic mass is 9.98. The second-order valence-corrected chi connectivity index (χ2v) is 6.65. The number of esters is 1. The third-order valence-corrected chi connectivity index (χ3v) is 4.66. The SMILES string of the molecule is COC(=O)/C(=C/c1ccccc1C#Cc1ccccc1)C(=O)c1ccc2c(c1)OCO2. The summed E-state index contributed by atoms with van der Waals surface area (Å²) in [5.41, 5.74) is 2.39. The molecule has 0 atom stereocenters. The minimum absolute atomic E-state index is 0.0974. The summed E-state index contributed by atoms with van der Waals surface area (Å²) in [5, 5.41) is 0. The summed E-state index contributed by atoms with van der Waals surface area (Å²) >= 11 is 0. The molecule has 1 aliphatic heterocycles. The molecule has 0 fully saturated rings. The summed E-state index contributed by atoms with van der Waals surface area (Å²) in [6.45, 7) is 0.0974. The van der Waals surface area contributed by atoms with Gasteiger partial charge in [0.2, 0.25) is 6.79 Å². The molecule has 4 rings (SSSR count). The van der Waals surface area contributed by atoms with Crippen molar-refractivity contribution in [1.29, 1.82) is 0 Å². The molecule has 0 unspecified atom stereocenters. The molecule has 1 aliphatic rings. The Bertz CT molecular complexity index is 1230. The minimum Gasteiger partial charge on any atom is -0.465 e. The maximum absolute atomic E-state index is 13.1. The van der Waals surface area contributed by atoms with E-state index in [1.165, 1.54) is 13.2 Å². The van der Waals surface area contributed by atoms with Gasteiger partial charge in [-0.25, -0.2) is 4.79 Å². The van der Waals surface area contributed by atoms with Gasteiger partial charge in [0.25, 0.3) is 0 Å². The normalized spacial score (nSPS) is 12.0. The van der Waals surface area contributed by atoms with Crippen molar-refractivity contribution in [2.75, 3.05) is 13.9 Å². The van der Waals surface area contributed by atoms with Crippen LogP contribution in [0, 0.1) is 11.8 Å². The highest BCUT2D eigenvalue weighted by atomic mass is 16.7. The molecule has 0 aliphatic carbocycles. The molecule has 0 saturated carbocycles. The maximum Gasteiger partial charge on any atom is 0.341 e. The predicted molar refractivity (Wildman–Crippen MR) is 116 cm³/mol. The lowest BCUT2D eigenvalue weighted by Crippen LogP contribution is -2.15. The third-order valence-electron chi connectivity index (χ3n) is 4.66. The van der Waals surface area contributed by atoms with Gasteiger partial charge >= 0.3 is 5.97 Å². The quantitative estimate of drug-likeness (QED) is 0.161. The van der Waals surface area contributed by atoms with Gasteiger partial charge in [-0.05, 0) is 48.0 Å². The number of ether oxygens (including phenoxy) is 3. The van der Waals surface area contributed by atoms with Crippen molar-refractivity contribution in [3.05, 3.63) is 101 Å². The van der Waals surface area contributed by atoms with E-state index in [1.807, 2.05) is 48.5 Å². The number of methoxy groups -OCH3 is 1. The highest BCUT2D eigenvalue weighted by molar-refractivity contribution is 6.27. The van der Waals surface area contributed by atoms with E-state index in [0.29, 0.717) is 28.2 Å². The smallest absolute Gasteiger partial charge is 0.341 e. The van der Waals surface area contributed by atoms with Gasteiger partial charge in [-0.2, -0.15) is 0 Å². The van der Waals surface area contributed by atoms with E-state index in [0.717, 1.165) is 5.56 Å². The second kappa shape index (κ2) is 9.02. The molecule has 0 spiro atoms. The van der Waals surface area contributed by atoms with E-state index in [9.17, 15) is 9.59 Å². The van der Waals surface area contributed by atoms with Crippen LogP contribution in [0.2, 0.25) is 0 Å². The summed E-state index contributed by atoms with van der Waals surface area (Å²) in [6.07, 6.45) is 1.51. The number of hydrogen-bond acceptors (Lipinski definition) is 5. The number of fused-ring (bicyclic) bond motifs is 1. The zero-order valence-electron chi connectivity index (χ0n) is 16.8. The third kappa shape index (κ3) is 4.49. The molecular formula is C26H18O5. The van der Waals surface area contributed by atoms with E-state index < -0.39 is 11.8 Å². The molecule has 1 heterocycles. The summed E-state index contributed by atoms with van der Waals surface area (Å²) in [5.74, 6) is 6.02. The fourth-order valence-corrected chi connectivity index (χ4v) is 3.07. The van der Waals surface area contributed by atoms with Crippen molar-refractivity contribution in [3.8, 4) is 23.3 Å². The Labute approximate surface area is 179 Å². The van der Waals surface area contributed by atoms with Crippen LogP contribution in [0.1, 0.15) is 27.0 Å². The Balaban J connectivity index is 1.72. The molecule has 0 saturated heterocycles. The number of ketones is 1. The predicted octanol–water partition coefficient (Wildman–Crippen LogP) is 4.25. The van der Waals surface area contributed by atoms with Crippen LogP contribution in [-0.4, -0.2) is 25.7 Å². The van der Waals surface area contributed by atoms with Gasteiger partial charge in [0.1, 0.15) is 5.57 Å². The molecular weight excluding hydrogens is 392 g/mol. The highest BCUT2D eigenvalue weighted by Gasteiger charge is 2.23. The van der Waals surface area contributed by atoms with Crippen LogP contribution in [-0.2, 0) is 9.53 Å². The standard InChI is InChI=1S/C26H18O5/c1-29-26(28)22(25(27)21-13-14-23-24(16-21)31-17-30-23)15-20-10-6-5-9-19(20)12-11-18-7-3-2-4-8-18/h2-10,13-16H,17H2,1H3/b22-15+. The summed E-state index contributed by atoms with van der Waals surface area (Å²) in [6, 6.07) is 21.7. The van der Waals surface area contributed by atoms with Crippen LogP contribution >= 0.6 is 0 Å². The molecule has 0 aromatic heterocycles. The van der Waals surface area contributed by atoms with Crippen molar-refractivity contribution in [2.45, 2.75) is 0 Å². The van der Waals surface area contributed by atoms with E-state index in [-0.39, 0.29) is 12.4 Å². The van der Waals surface area contributed by atoms with E-state index >= 15 is 0 Å². The van der Waals surface area contributed by atoms with Crippen molar-refractivity contribution in [3.63, 3.8) is 0 Å². The molecule has 0 radical (unpaired) electrons. The van der Waals surface area contributed by atoms with Crippen molar-refractivity contribution in [2.24, 2.45) is 0 Å². The van der Waals surface area contributed by atoms with Crippen LogP contribution in [0.3, 0.4) is 0 Å². The molecule has 5 nitrogen and oxygen atoms in total. The Hall–Kier alpha value is -4.30. The first-order chi connectivity index (χ1) is 15.2. The van der Waals surface area contributed by atoms with Crippen LogP contribution < -0.4 is 9.47 Å². The van der Waals surface area contributed by atoms with Gasteiger partial charge < -0.3 is 14.2 Å². The lowest BCUT2D eigenvalue weighted by molar-refractivity contribution is -0.135. The molecule has 3 aromatic carbocycles.